The van der Waals surface area contributed by atoms with Crippen LogP contribution in [0.5, 0.6) is 0 Å². The fourth-order valence-corrected chi connectivity index (χ4v) is 1.85. The van der Waals surface area contributed by atoms with Gasteiger partial charge in [-0.2, -0.15) is 0 Å². The van der Waals surface area contributed by atoms with Crippen molar-refractivity contribution in [2.24, 2.45) is 5.73 Å². The number of ether oxygens (including phenoxy) is 1. The molecule has 3 N–H and O–H groups in total. The number of hydrogen-bond donors (Lipinski definition) is 2. The highest BCUT2D eigenvalue weighted by atomic mass is 16.6. The first kappa shape index (κ1) is 22.6. The van der Waals surface area contributed by atoms with Gasteiger partial charge in [0, 0.05) is 6.42 Å². The summed E-state index contributed by atoms with van der Waals surface area (Å²) in [5.74, 6) is -0.164. The monoisotopic (exact) mass is 304 g/mol. The van der Waals surface area contributed by atoms with Gasteiger partial charge in [-0.3, -0.25) is 10.5 Å². The molecule has 0 bridgehead atoms. The Balaban J connectivity index is 0. The minimum Gasteiger partial charge on any atom is -0.635 e. The number of nitrogens with two attached hydrogens (primary N) is 1. The first-order valence-corrected chi connectivity index (χ1v) is 8.32. The molecule has 0 radical (unpaired) electrons. The van der Waals surface area contributed by atoms with Crippen LogP contribution in [-0.4, -0.2) is 26.3 Å². The van der Waals surface area contributed by atoms with Crippen LogP contribution in [0.15, 0.2) is 0 Å². The summed E-state index contributed by atoms with van der Waals surface area (Å²) in [4.78, 5) is 11.2. The van der Waals surface area contributed by atoms with E-state index in [1.165, 1.54) is 59.0 Å². The number of rotatable bonds is 11. The van der Waals surface area contributed by atoms with E-state index in [9.17, 15) is 10.0 Å². The second-order valence-electron chi connectivity index (χ2n) is 5.68. The van der Waals surface area contributed by atoms with Crippen molar-refractivity contribution in [1.82, 2.24) is 0 Å². The average molecular weight is 304 g/mol. The van der Waals surface area contributed by atoms with Crippen LogP contribution in [-0.2, 0) is 9.53 Å². The highest BCUT2D eigenvalue weighted by molar-refractivity contribution is 5.69. The highest BCUT2D eigenvalue weighted by Gasteiger charge is 2.04. The Hall–Kier alpha value is -0.650. The molecule has 0 aliphatic heterocycles. The summed E-state index contributed by atoms with van der Waals surface area (Å²) >= 11 is 0. The smallest absolute Gasteiger partial charge is 0.307 e. The van der Waals surface area contributed by atoms with Crippen LogP contribution in [0, 0.1) is 5.21 Å². The van der Waals surface area contributed by atoms with Crippen molar-refractivity contribution < 1.29 is 14.6 Å². The number of unbranched alkanes of at least 4 members (excludes halogenated alkanes) is 8. The number of carbonyl (C=O) groups is 1. The first-order chi connectivity index (χ1) is 9.90. The number of hydrogen-bond acceptors (Lipinski definition) is 4. The van der Waals surface area contributed by atoms with Crippen LogP contribution in [0.2, 0.25) is 0 Å². The van der Waals surface area contributed by atoms with Gasteiger partial charge in [0.15, 0.2) is 0 Å². The first-order valence-electron chi connectivity index (χ1n) is 8.32. The molecule has 0 saturated carbocycles. The predicted molar refractivity (Wildman–Crippen MR) is 87.8 cm³/mol. The molecule has 0 rings (SSSR count). The van der Waals surface area contributed by atoms with E-state index in [1.54, 1.807) is 6.92 Å². The van der Waals surface area contributed by atoms with E-state index in [0.717, 1.165) is 12.8 Å². The van der Waals surface area contributed by atoms with E-state index in [0.29, 0.717) is 6.42 Å². The van der Waals surface area contributed by atoms with Crippen LogP contribution < -0.4 is 10.8 Å². The molecule has 1 unspecified atom stereocenters. The molecular formula is C16H36N2O3. The van der Waals surface area contributed by atoms with Crippen molar-refractivity contribution in [3.63, 3.8) is 0 Å². The number of quaternary nitrogens is 1. The van der Waals surface area contributed by atoms with Gasteiger partial charge in [0.25, 0.3) is 0 Å². The van der Waals surface area contributed by atoms with Gasteiger partial charge in [-0.15, -0.1) is 0 Å². The lowest BCUT2D eigenvalue weighted by molar-refractivity contribution is -0.802. The zero-order valence-electron chi connectivity index (χ0n) is 14.5. The standard InChI is InChI=1S/C14H29NO2.C2H7NO/c1-3-4-5-6-7-8-9-10-11-12-14(16)17-13(2)15;1-3(2)4/h13H,3-12,15H2,1-2H3;3H,1-2H3. The zero-order chi connectivity index (χ0) is 16.5. The molecule has 0 saturated heterocycles. The van der Waals surface area contributed by atoms with Crippen molar-refractivity contribution in [3.8, 4) is 0 Å². The molecule has 0 aromatic heterocycles. The second kappa shape index (κ2) is 17.4. The lowest BCUT2D eigenvalue weighted by atomic mass is 10.1. The second-order valence-corrected chi connectivity index (χ2v) is 5.68. The molecule has 21 heavy (non-hydrogen) atoms. The van der Waals surface area contributed by atoms with Crippen LogP contribution in [0.25, 0.3) is 0 Å². The van der Waals surface area contributed by atoms with Gasteiger partial charge >= 0.3 is 5.97 Å². The lowest BCUT2D eigenvalue weighted by Gasteiger charge is -2.07. The molecule has 128 valence electrons. The SMILES string of the molecule is CCCCCCCCCCCC(=O)OC(C)N.C[NH+](C)[O-]. The van der Waals surface area contributed by atoms with Gasteiger partial charge in [-0.1, -0.05) is 58.3 Å². The minimum absolute atomic E-state index is 0.164. The maximum Gasteiger partial charge on any atom is 0.307 e. The molecule has 1 atom stereocenters. The Morgan fingerprint density at radius 1 is 1.05 bits per heavy atom. The van der Waals surface area contributed by atoms with Crippen molar-refractivity contribution >= 4 is 5.97 Å². The van der Waals surface area contributed by atoms with E-state index in [1.807, 2.05) is 0 Å². The predicted octanol–water partition coefficient (Wildman–Crippen LogP) is 2.38. The summed E-state index contributed by atoms with van der Waals surface area (Å²) in [6.45, 7) is 3.91. The fraction of sp³-hybridized carbons (Fsp3) is 0.938. The topological polar surface area (TPSA) is 79.8 Å². The minimum atomic E-state index is -0.471. The van der Waals surface area contributed by atoms with E-state index >= 15 is 0 Å². The van der Waals surface area contributed by atoms with E-state index in [4.69, 9.17) is 10.5 Å². The zero-order valence-corrected chi connectivity index (χ0v) is 14.5. The molecule has 0 fully saturated rings. The fourth-order valence-electron chi connectivity index (χ4n) is 1.85. The molecule has 0 amide bonds. The number of nitrogens with one attached hydrogen (secondary N) is 1. The Kier molecular flexibility index (Phi) is 18.8. The highest BCUT2D eigenvalue weighted by Crippen LogP contribution is 2.10. The molecule has 0 aliphatic carbocycles. The molecule has 0 aromatic rings. The van der Waals surface area contributed by atoms with Crippen molar-refractivity contribution in [2.75, 3.05) is 14.1 Å². The van der Waals surface area contributed by atoms with Crippen LogP contribution in [0.3, 0.4) is 0 Å². The number of hydroxylamine groups is 2. The normalized spacial score (nSPS) is 11.8. The van der Waals surface area contributed by atoms with E-state index in [-0.39, 0.29) is 11.0 Å². The molecule has 5 heteroatoms. The molecule has 0 aromatic carbocycles. The summed E-state index contributed by atoms with van der Waals surface area (Å²) in [6.07, 6.45) is 11.4. The Bertz CT molecular complexity index is 219. The maximum absolute atomic E-state index is 11.2. The maximum atomic E-state index is 11.2. The van der Waals surface area contributed by atoms with Gasteiger partial charge in [0.1, 0.15) is 6.23 Å². The average Bonchev–Trinajstić information content (AvgIpc) is 2.35. The third-order valence-electron chi connectivity index (χ3n) is 2.80. The van der Waals surface area contributed by atoms with Crippen molar-refractivity contribution in [2.45, 2.75) is 84.3 Å². The van der Waals surface area contributed by atoms with Crippen LogP contribution in [0.1, 0.15) is 78.1 Å². The largest absolute Gasteiger partial charge is 0.635 e. The van der Waals surface area contributed by atoms with Gasteiger partial charge in [-0.05, 0) is 13.3 Å². The van der Waals surface area contributed by atoms with Crippen LogP contribution in [0.4, 0.5) is 0 Å². The Morgan fingerprint density at radius 2 is 1.43 bits per heavy atom. The molecular weight excluding hydrogens is 268 g/mol. The Morgan fingerprint density at radius 3 is 1.81 bits per heavy atom. The summed E-state index contributed by atoms with van der Waals surface area (Å²) < 4.78 is 4.86. The number of carbonyl (C=O) groups excluding carboxylic acids is 1. The number of esters is 1. The van der Waals surface area contributed by atoms with E-state index in [2.05, 4.69) is 6.92 Å². The van der Waals surface area contributed by atoms with Crippen molar-refractivity contribution in [1.29, 1.82) is 0 Å². The summed E-state index contributed by atoms with van der Waals surface area (Å²) in [5, 5.41) is 9.61. The molecule has 5 nitrogen and oxygen atoms in total. The third kappa shape index (κ3) is 28.3. The summed E-state index contributed by atoms with van der Waals surface area (Å²) in [5.41, 5.74) is 5.36. The summed E-state index contributed by atoms with van der Waals surface area (Å²) in [7, 11) is 3.06. The van der Waals surface area contributed by atoms with E-state index < -0.39 is 6.23 Å². The summed E-state index contributed by atoms with van der Waals surface area (Å²) in [6, 6.07) is 0. The molecule has 0 heterocycles. The Labute approximate surface area is 130 Å². The lowest BCUT2D eigenvalue weighted by Crippen LogP contribution is -3.00. The van der Waals surface area contributed by atoms with Gasteiger partial charge in [0.2, 0.25) is 0 Å². The van der Waals surface area contributed by atoms with Crippen molar-refractivity contribution in [3.05, 3.63) is 5.21 Å². The third-order valence-corrected chi connectivity index (χ3v) is 2.80. The van der Waals surface area contributed by atoms with Gasteiger partial charge in [0.05, 0.1) is 14.1 Å². The molecule has 0 spiro atoms. The van der Waals surface area contributed by atoms with Gasteiger partial charge < -0.3 is 15.0 Å². The quantitative estimate of drug-likeness (QED) is 0.266. The van der Waals surface area contributed by atoms with Crippen LogP contribution >= 0.6 is 0 Å². The van der Waals surface area contributed by atoms with Gasteiger partial charge in [-0.25, -0.2) is 0 Å². The molecule has 0 aliphatic rings.